The zero-order valence-corrected chi connectivity index (χ0v) is 9.85. The zero-order valence-electron chi connectivity index (χ0n) is 9.85. The summed E-state index contributed by atoms with van der Waals surface area (Å²) < 4.78 is 0. The highest BCUT2D eigenvalue weighted by molar-refractivity contribution is 5.46. The summed E-state index contributed by atoms with van der Waals surface area (Å²) >= 11 is 0. The summed E-state index contributed by atoms with van der Waals surface area (Å²) in [4.78, 5) is 2.43. The van der Waals surface area contributed by atoms with Gasteiger partial charge in [-0.1, -0.05) is 6.07 Å². The first kappa shape index (κ1) is 10.4. The summed E-state index contributed by atoms with van der Waals surface area (Å²) in [6, 6.07) is 6.57. The molecule has 88 valence electrons. The van der Waals surface area contributed by atoms with Gasteiger partial charge in [0.2, 0.25) is 0 Å². The van der Waals surface area contributed by atoms with Gasteiger partial charge >= 0.3 is 0 Å². The molecule has 0 aliphatic carbocycles. The summed E-state index contributed by atoms with van der Waals surface area (Å²) in [5.74, 6) is 0. The molecule has 0 saturated carbocycles. The Bertz CT molecular complexity index is 518. The molecular formula is C13H16N4. The van der Waals surface area contributed by atoms with E-state index in [1.165, 1.54) is 16.7 Å². The summed E-state index contributed by atoms with van der Waals surface area (Å²) in [6.07, 6.45) is 3.85. The normalized spacial score (nSPS) is 17.0. The monoisotopic (exact) mass is 228 g/mol. The number of hydrogen-bond acceptors (Lipinski definition) is 3. The Kier molecular flexibility index (Phi) is 2.37. The van der Waals surface area contributed by atoms with Crippen LogP contribution < -0.4 is 5.73 Å². The number of aromatic nitrogens is 2. The molecule has 0 amide bonds. The molecule has 3 N–H and O–H groups in total. The summed E-state index contributed by atoms with van der Waals surface area (Å²) in [5.41, 5.74) is 10.6. The van der Waals surface area contributed by atoms with Crippen LogP contribution in [0.3, 0.4) is 0 Å². The molecule has 3 rings (SSSR count). The molecule has 0 spiro atoms. The van der Waals surface area contributed by atoms with E-state index in [1.807, 2.05) is 18.5 Å². The van der Waals surface area contributed by atoms with Gasteiger partial charge in [0.05, 0.1) is 6.20 Å². The minimum absolute atomic E-state index is 0.377. The number of hydrogen-bond donors (Lipinski definition) is 2. The number of nitrogens with one attached hydrogen (secondary N) is 1. The van der Waals surface area contributed by atoms with E-state index >= 15 is 0 Å². The zero-order chi connectivity index (χ0) is 11.8. The first-order chi connectivity index (χ1) is 8.24. The van der Waals surface area contributed by atoms with Crippen molar-refractivity contribution in [1.29, 1.82) is 0 Å². The Morgan fingerprint density at radius 1 is 1.35 bits per heavy atom. The Morgan fingerprint density at radius 3 is 2.94 bits per heavy atom. The molecule has 0 saturated heterocycles. The lowest BCUT2D eigenvalue weighted by molar-refractivity contribution is 0.215. The van der Waals surface area contributed by atoms with Crippen molar-refractivity contribution >= 4 is 5.69 Å². The van der Waals surface area contributed by atoms with Crippen LogP contribution in [0.15, 0.2) is 30.6 Å². The highest BCUT2D eigenvalue weighted by Gasteiger charge is 2.24. The number of benzene rings is 1. The third-order valence-corrected chi connectivity index (χ3v) is 3.53. The molecule has 17 heavy (non-hydrogen) atoms. The number of H-pyrrole nitrogens is 1. The van der Waals surface area contributed by atoms with E-state index < -0.39 is 0 Å². The number of anilines is 1. The van der Waals surface area contributed by atoms with E-state index in [0.29, 0.717) is 6.04 Å². The van der Waals surface area contributed by atoms with Crippen molar-refractivity contribution in [2.75, 3.05) is 5.73 Å². The number of nitrogens with two attached hydrogens (primary N) is 1. The Balaban J connectivity index is 1.82. The van der Waals surface area contributed by atoms with Crippen molar-refractivity contribution in [3.05, 3.63) is 47.3 Å². The standard InChI is InChI=1S/C13H16N4/c1-9(12-5-15-16-6-12)17-7-10-2-3-13(14)4-11(10)8-17/h2-6,9H,7-8,14H2,1H3,(H,15,16). The van der Waals surface area contributed by atoms with Crippen molar-refractivity contribution in [2.45, 2.75) is 26.1 Å². The third-order valence-electron chi connectivity index (χ3n) is 3.53. The molecule has 0 bridgehead atoms. The number of nitrogen functional groups attached to an aromatic ring is 1. The summed E-state index contributed by atoms with van der Waals surface area (Å²) in [7, 11) is 0. The summed E-state index contributed by atoms with van der Waals surface area (Å²) in [6.45, 7) is 4.16. The van der Waals surface area contributed by atoms with Gasteiger partial charge < -0.3 is 5.73 Å². The van der Waals surface area contributed by atoms with Crippen LogP contribution >= 0.6 is 0 Å². The minimum atomic E-state index is 0.377. The predicted octanol–water partition coefficient (Wildman–Crippen LogP) is 2.07. The highest BCUT2D eigenvalue weighted by atomic mass is 15.2. The molecule has 1 aromatic heterocycles. The van der Waals surface area contributed by atoms with E-state index in [-0.39, 0.29) is 0 Å². The van der Waals surface area contributed by atoms with Crippen molar-refractivity contribution in [1.82, 2.24) is 15.1 Å². The molecule has 1 aliphatic rings. The van der Waals surface area contributed by atoms with Crippen LogP contribution in [0.2, 0.25) is 0 Å². The van der Waals surface area contributed by atoms with Crippen LogP contribution in [0, 0.1) is 0 Å². The maximum Gasteiger partial charge on any atom is 0.0535 e. The molecule has 2 aromatic rings. The Morgan fingerprint density at radius 2 is 2.18 bits per heavy atom. The number of fused-ring (bicyclic) bond motifs is 1. The minimum Gasteiger partial charge on any atom is -0.399 e. The molecular weight excluding hydrogens is 212 g/mol. The van der Waals surface area contributed by atoms with Gasteiger partial charge in [-0.05, 0) is 30.2 Å². The van der Waals surface area contributed by atoms with E-state index in [2.05, 4.69) is 34.2 Å². The quantitative estimate of drug-likeness (QED) is 0.774. The van der Waals surface area contributed by atoms with Gasteiger partial charge in [-0.25, -0.2) is 0 Å². The van der Waals surface area contributed by atoms with Gasteiger partial charge in [0.15, 0.2) is 0 Å². The van der Waals surface area contributed by atoms with E-state index in [4.69, 9.17) is 5.73 Å². The predicted molar refractivity (Wildman–Crippen MR) is 67.1 cm³/mol. The molecule has 4 heteroatoms. The molecule has 0 radical (unpaired) electrons. The lowest BCUT2D eigenvalue weighted by Crippen LogP contribution is -2.20. The van der Waals surface area contributed by atoms with Gasteiger partial charge in [0, 0.05) is 36.6 Å². The first-order valence-electron chi connectivity index (χ1n) is 5.84. The molecule has 1 aliphatic heterocycles. The van der Waals surface area contributed by atoms with Crippen LogP contribution in [0.5, 0.6) is 0 Å². The van der Waals surface area contributed by atoms with Crippen molar-refractivity contribution in [3.63, 3.8) is 0 Å². The molecule has 2 heterocycles. The van der Waals surface area contributed by atoms with Gasteiger partial charge in [-0.15, -0.1) is 0 Å². The molecule has 1 aromatic carbocycles. The van der Waals surface area contributed by atoms with Crippen LogP contribution in [0.4, 0.5) is 5.69 Å². The van der Waals surface area contributed by atoms with Crippen molar-refractivity contribution < 1.29 is 0 Å². The second-order valence-corrected chi connectivity index (χ2v) is 4.64. The average Bonchev–Trinajstić information content (AvgIpc) is 2.96. The number of aromatic amines is 1. The fourth-order valence-electron chi connectivity index (χ4n) is 2.41. The van der Waals surface area contributed by atoms with Crippen molar-refractivity contribution in [3.8, 4) is 0 Å². The largest absolute Gasteiger partial charge is 0.399 e. The van der Waals surface area contributed by atoms with E-state index in [1.54, 1.807) is 0 Å². The fourth-order valence-corrected chi connectivity index (χ4v) is 2.41. The van der Waals surface area contributed by atoms with Gasteiger partial charge in [-0.2, -0.15) is 5.10 Å². The Labute approximate surface area is 100 Å². The van der Waals surface area contributed by atoms with Gasteiger partial charge in [-0.3, -0.25) is 10.00 Å². The molecule has 1 unspecified atom stereocenters. The lowest BCUT2D eigenvalue weighted by atomic mass is 10.1. The van der Waals surface area contributed by atoms with E-state index in [0.717, 1.165) is 18.8 Å². The lowest BCUT2D eigenvalue weighted by Gasteiger charge is -2.22. The fraction of sp³-hybridized carbons (Fsp3) is 0.308. The van der Waals surface area contributed by atoms with Crippen LogP contribution in [-0.2, 0) is 13.1 Å². The van der Waals surface area contributed by atoms with Gasteiger partial charge in [0.1, 0.15) is 0 Å². The maximum atomic E-state index is 5.81. The topological polar surface area (TPSA) is 57.9 Å². The second-order valence-electron chi connectivity index (χ2n) is 4.64. The number of rotatable bonds is 2. The van der Waals surface area contributed by atoms with Crippen LogP contribution in [0.1, 0.15) is 29.7 Å². The summed E-state index contributed by atoms with van der Waals surface area (Å²) in [5, 5.41) is 6.87. The number of nitrogens with zero attached hydrogens (tertiary/aromatic N) is 2. The highest BCUT2D eigenvalue weighted by Crippen LogP contribution is 2.31. The average molecular weight is 228 g/mol. The second kappa shape index (κ2) is 3.89. The molecule has 4 nitrogen and oxygen atoms in total. The Hall–Kier alpha value is -1.81. The maximum absolute atomic E-state index is 5.81. The van der Waals surface area contributed by atoms with Crippen LogP contribution in [0.25, 0.3) is 0 Å². The van der Waals surface area contributed by atoms with Gasteiger partial charge in [0.25, 0.3) is 0 Å². The smallest absolute Gasteiger partial charge is 0.0535 e. The van der Waals surface area contributed by atoms with Crippen LogP contribution in [-0.4, -0.2) is 15.1 Å². The third kappa shape index (κ3) is 1.80. The molecule has 0 fully saturated rings. The SMILES string of the molecule is CC(c1cn[nH]c1)N1Cc2ccc(N)cc2C1. The van der Waals surface area contributed by atoms with Crippen molar-refractivity contribution in [2.24, 2.45) is 0 Å². The molecule has 1 atom stereocenters. The van der Waals surface area contributed by atoms with E-state index in [9.17, 15) is 0 Å². The first-order valence-corrected chi connectivity index (χ1v) is 5.84.